The van der Waals surface area contributed by atoms with Crippen molar-refractivity contribution < 1.29 is 50.2 Å². The second-order valence-corrected chi connectivity index (χ2v) is 13.0. The molecule has 3 fully saturated rings. The fourth-order valence-corrected chi connectivity index (χ4v) is 7.59. The molecule has 0 spiro atoms. The first-order valence-electron chi connectivity index (χ1n) is 15.6. The Labute approximate surface area is 261 Å². The van der Waals surface area contributed by atoms with Crippen molar-refractivity contribution in [1.82, 2.24) is 9.80 Å². The number of hydrogen-bond donors (Lipinski definition) is 1. The molecule has 3 aliphatic heterocycles. The molecule has 4 aliphatic rings. The van der Waals surface area contributed by atoms with Gasteiger partial charge in [0.2, 0.25) is 0 Å². The number of halogens is 7. The molecule has 2 saturated heterocycles. The summed E-state index contributed by atoms with van der Waals surface area (Å²) in [6.45, 7) is 1.38. The van der Waals surface area contributed by atoms with E-state index in [4.69, 9.17) is 9.84 Å². The van der Waals surface area contributed by atoms with Crippen molar-refractivity contribution in [2.45, 2.75) is 87.8 Å². The highest BCUT2D eigenvalue weighted by atomic mass is 19.4. The van der Waals surface area contributed by atoms with E-state index in [1.807, 2.05) is 0 Å². The Bertz CT molecular complexity index is 1490. The molecule has 6 nitrogen and oxygen atoms in total. The summed E-state index contributed by atoms with van der Waals surface area (Å²) in [6.07, 6.45) is -6.31. The van der Waals surface area contributed by atoms with Gasteiger partial charge in [0.1, 0.15) is 11.4 Å². The predicted octanol–water partition coefficient (Wildman–Crippen LogP) is 6.58. The van der Waals surface area contributed by atoms with Gasteiger partial charge >= 0.3 is 18.3 Å². The Morgan fingerprint density at radius 2 is 1.65 bits per heavy atom. The van der Waals surface area contributed by atoms with E-state index < -0.39 is 40.9 Å². The summed E-state index contributed by atoms with van der Waals surface area (Å²) in [6, 6.07) is 5.58. The lowest BCUT2D eigenvalue weighted by Crippen LogP contribution is -2.58. The van der Waals surface area contributed by atoms with Crippen molar-refractivity contribution in [3.05, 3.63) is 69.5 Å². The predicted molar refractivity (Wildman–Crippen MR) is 151 cm³/mol. The van der Waals surface area contributed by atoms with E-state index in [1.54, 1.807) is 12.1 Å². The normalized spacial score (nSPS) is 24.9. The molecule has 0 aromatic heterocycles. The number of alkyl halides is 6. The number of fused-ring (bicyclic) bond motifs is 1. The molecule has 1 N–H and O–H groups in total. The number of benzene rings is 2. The number of likely N-dealkylation sites (tertiary alicyclic amines) is 1. The Morgan fingerprint density at radius 3 is 2.24 bits per heavy atom. The molecule has 46 heavy (non-hydrogen) atoms. The average Bonchev–Trinajstić information content (AvgIpc) is 3.86. The largest absolute Gasteiger partial charge is 0.481 e. The first-order chi connectivity index (χ1) is 21.7. The number of piperidine rings is 1. The fraction of sp³-hybridized carbons (Fsp3) is 0.576. The summed E-state index contributed by atoms with van der Waals surface area (Å²) < 4.78 is 102. The highest BCUT2D eigenvalue weighted by Crippen LogP contribution is 2.49. The maximum absolute atomic E-state index is 14.1. The van der Waals surface area contributed by atoms with Crippen LogP contribution in [0.15, 0.2) is 30.3 Å². The number of carbonyl (C=O) groups is 2. The van der Waals surface area contributed by atoms with Gasteiger partial charge in [-0.3, -0.25) is 14.5 Å². The molecule has 250 valence electrons. The molecular formula is C33H35F7N2O4. The maximum atomic E-state index is 14.1. The SMILES string of the molecule is O=C(O)Cc1cc(C2CCN([C@@H]3CC[C@@](C(=O)N4CCc5c(cc(C(F)(F)F)cc5C(F)(F)F)C4)(C4CC4)OC3)CC2)ccc1F. The fourth-order valence-electron chi connectivity index (χ4n) is 7.59. The van der Waals surface area contributed by atoms with Crippen LogP contribution in [-0.2, 0) is 46.1 Å². The van der Waals surface area contributed by atoms with Gasteiger partial charge in [0.15, 0.2) is 0 Å². The van der Waals surface area contributed by atoms with Gasteiger partial charge in [-0.2, -0.15) is 26.3 Å². The number of hydrogen-bond acceptors (Lipinski definition) is 4. The van der Waals surface area contributed by atoms with Crippen LogP contribution >= 0.6 is 0 Å². The number of nitrogens with zero attached hydrogens (tertiary/aromatic N) is 2. The van der Waals surface area contributed by atoms with Crippen molar-refractivity contribution in [3.63, 3.8) is 0 Å². The van der Waals surface area contributed by atoms with Gasteiger partial charge in [-0.25, -0.2) is 4.39 Å². The van der Waals surface area contributed by atoms with E-state index in [1.165, 1.54) is 11.0 Å². The van der Waals surface area contributed by atoms with Crippen molar-refractivity contribution in [3.8, 4) is 0 Å². The van der Waals surface area contributed by atoms with Gasteiger partial charge in [0.25, 0.3) is 5.91 Å². The van der Waals surface area contributed by atoms with Crippen molar-refractivity contribution in [2.24, 2.45) is 5.92 Å². The van der Waals surface area contributed by atoms with Gasteiger partial charge in [-0.15, -0.1) is 0 Å². The number of ether oxygens (including phenoxy) is 1. The number of aliphatic carboxylic acids is 1. The summed E-state index contributed by atoms with van der Waals surface area (Å²) in [5.74, 6) is -1.89. The zero-order chi connectivity index (χ0) is 33.0. The highest BCUT2D eigenvalue weighted by Gasteiger charge is 2.56. The van der Waals surface area contributed by atoms with E-state index in [0.717, 1.165) is 50.4 Å². The number of rotatable bonds is 6. The smallest absolute Gasteiger partial charge is 0.416 e. The second-order valence-electron chi connectivity index (χ2n) is 13.0. The summed E-state index contributed by atoms with van der Waals surface area (Å²) in [5, 5.41) is 9.08. The number of carboxylic acids is 1. The van der Waals surface area contributed by atoms with Crippen LogP contribution in [0.4, 0.5) is 30.7 Å². The molecule has 0 unspecified atom stereocenters. The average molecular weight is 657 g/mol. The quantitative estimate of drug-likeness (QED) is 0.356. The molecule has 1 amide bonds. The highest BCUT2D eigenvalue weighted by molar-refractivity contribution is 5.86. The third kappa shape index (κ3) is 6.49. The van der Waals surface area contributed by atoms with Crippen LogP contribution < -0.4 is 0 Å². The molecule has 6 rings (SSSR count). The number of carboxylic acid groups (broad SMARTS) is 1. The van der Waals surface area contributed by atoms with Crippen LogP contribution in [0.1, 0.15) is 77.8 Å². The van der Waals surface area contributed by atoms with Crippen LogP contribution in [0.2, 0.25) is 0 Å². The molecule has 2 atom stereocenters. The Morgan fingerprint density at radius 1 is 0.935 bits per heavy atom. The zero-order valence-electron chi connectivity index (χ0n) is 25.0. The molecule has 2 aromatic rings. The third-order valence-electron chi connectivity index (χ3n) is 10.2. The lowest BCUT2D eigenvalue weighted by molar-refractivity contribution is -0.177. The first kappa shape index (κ1) is 32.7. The Kier molecular flexibility index (Phi) is 8.62. The third-order valence-corrected chi connectivity index (χ3v) is 10.2. The summed E-state index contributed by atoms with van der Waals surface area (Å²) in [7, 11) is 0. The van der Waals surface area contributed by atoms with Gasteiger partial charge in [0, 0.05) is 19.1 Å². The van der Waals surface area contributed by atoms with E-state index in [2.05, 4.69) is 4.90 Å². The molecule has 1 aliphatic carbocycles. The lowest BCUT2D eigenvalue weighted by Gasteiger charge is -2.47. The van der Waals surface area contributed by atoms with Crippen molar-refractivity contribution in [1.29, 1.82) is 0 Å². The molecule has 3 heterocycles. The van der Waals surface area contributed by atoms with Crippen LogP contribution in [0, 0.1) is 11.7 Å². The van der Waals surface area contributed by atoms with Gasteiger partial charge < -0.3 is 14.7 Å². The molecule has 1 saturated carbocycles. The van der Waals surface area contributed by atoms with Crippen molar-refractivity contribution >= 4 is 11.9 Å². The van der Waals surface area contributed by atoms with E-state index in [-0.39, 0.29) is 79.1 Å². The van der Waals surface area contributed by atoms with Crippen LogP contribution in [0.3, 0.4) is 0 Å². The summed E-state index contributed by atoms with van der Waals surface area (Å²) >= 11 is 0. The molecule has 13 heteroatoms. The van der Waals surface area contributed by atoms with Gasteiger partial charge in [-0.1, -0.05) is 12.1 Å². The van der Waals surface area contributed by atoms with Gasteiger partial charge in [0.05, 0.1) is 24.2 Å². The molecule has 0 bridgehead atoms. The minimum absolute atomic E-state index is 0.0351. The number of carbonyl (C=O) groups excluding carboxylic acids is 1. The number of amides is 1. The van der Waals surface area contributed by atoms with Crippen LogP contribution in [-0.4, -0.2) is 64.7 Å². The Hall–Kier alpha value is -3.19. The second kappa shape index (κ2) is 12.1. The monoisotopic (exact) mass is 656 g/mol. The molecule has 2 aromatic carbocycles. The Balaban J connectivity index is 1.11. The topological polar surface area (TPSA) is 70.1 Å². The van der Waals surface area contributed by atoms with E-state index in [0.29, 0.717) is 12.8 Å². The van der Waals surface area contributed by atoms with Crippen LogP contribution in [0.5, 0.6) is 0 Å². The lowest BCUT2D eigenvalue weighted by atomic mass is 9.83. The van der Waals surface area contributed by atoms with Crippen LogP contribution in [0.25, 0.3) is 0 Å². The minimum atomic E-state index is -4.96. The van der Waals surface area contributed by atoms with Gasteiger partial charge in [-0.05, 0) is 110 Å². The maximum Gasteiger partial charge on any atom is 0.416 e. The minimum Gasteiger partial charge on any atom is -0.481 e. The summed E-state index contributed by atoms with van der Waals surface area (Å²) in [5.41, 5.74) is -3.10. The summed E-state index contributed by atoms with van der Waals surface area (Å²) in [4.78, 5) is 28.8. The first-order valence-corrected chi connectivity index (χ1v) is 15.6. The van der Waals surface area contributed by atoms with E-state index in [9.17, 15) is 40.3 Å². The molecule has 0 radical (unpaired) electrons. The van der Waals surface area contributed by atoms with Crippen molar-refractivity contribution in [2.75, 3.05) is 26.2 Å². The standard InChI is InChI=1S/C33H35F7N2O4/c34-28-4-1-20(13-21(28)15-29(43)44)19-6-10-41(11-7-19)25-5-9-31(46-18-25,23-2-3-23)30(45)42-12-8-26-22(17-42)14-24(32(35,36)37)16-27(26)33(38,39)40/h1,4,13-14,16,19,23,25H,2-3,5-12,15,17-18H2,(H,43,44)/t25-,31+/m1/s1. The van der Waals surface area contributed by atoms with E-state index >= 15 is 0 Å². The molecular weight excluding hydrogens is 621 g/mol. The zero-order valence-corrected chi connectivity index (χ0v) is 25.0.